The van der Waals surface area contributed by atoms with E-state index in [9.17, 15) is 5.11 Å². The molecule has 3 aromatic rings. The van der Waals surface area contributed by atoms with Crippen molar-refractivity contribution in [1.29, 1.82) is 0 Å². The Bertz CT molecular complexity index is 723. The number of phenols is 1. The van der Waals surface area contributed by atoms with Crippen molar-refractivity contribution < 1.29 is 9.84 Å². The number of pyridine rings is 1. The molecule has 0 aliphatic rings. The van der Waals surface area contributed by atoms with Crippen molar-refractivity contribution in [3.8, 4) is 11.5 Å². The van der Waals surface area contributed by atoms with Crippen molar-refractivity contribution in [2.24, 2.45) is 0 Å². The van der Waals surface area contributed by atoms with E-state index in [1.807, 2.05) is 0 Å². The molecule has 0 fully saturated rings. The van der Waals surface area contributed by atoms with Gasteiger partial charge in [-0.3, -0.25) is 0 Å². The molecule has 1 aromatic carbocycles. The summed E-state index contributed by atoms with van der Waals surface area (Å²) in [5.74, 6) is 1.02. The van der Waals surface area contributed by atoms with E-state index >= 15 is 0 Å². The second-order valence-electron chi connectivity index (χ2n) is 4.05. The van der Waals surface area contributed by atoms with Gasteiger partial charge in [-0.2, -0.15) is 0 Å². The number of para-hydroxylation sites is 2. The van der Waals surface area contributed by atoms with E-state index in [0.717, 1.165) is 0 Å². The molecule has 0 unspecified atom stereocenters. The van der Waals surface area contributed by atoms with Gasteiger partial charge in [0.05, 0.1) is 11.9 Å². The van der Waals surface area contributed by atoms with Gasteiger partial charge in [0.15, 0.2) is 23.0 Å². The lowest BCUT2D eigenvalue weighted by atomic mass is 10.3. The van der Waals surface area contributed by atoms with Crippen molar-refractivity contribution in [2.45, 2.75) is 6.61 Å². The average molecular weight is 256 g/mol. The number of nitrogen functional groups attached to an aromatic ring is 1. The van der Waals surface area contributed by atoms with Crippen LogP contribution in [0.5, 0.6) is 11.5 Å². The molecule has 0 amide bonds. The zero-order valence-corrected chi connectivity index (χ0v) is 10.0. The summed E-state index contributed by atoms with van der Waals surface area (Å²) < 4.78 is 7.06. The molecule has 6 nitrogen and oxygen atoms in total. The van der Waals surface area contributed by atoms with Crippen LogP contribution in [0.1, 0.15) is 5.82 Å². The first kappa shape index (κ1) is 11.3. The van der Waals surface area contributed by atoms with Gasteiger partial charge in [-0.25, -0.2) is 9.50 Å². The highest BCUT2D eigenvalue weighted by Gasteiger charge is 2.06. The Hall–Kier alpha value is -2.76. The van der Waals surface area contributed by atoms with Gasteiger partial charge in [0, 0.05) is 0 Å². The molecule has 0 spiro atoms. The van der Waals surface area contributed by atoms with E-state index in [4.69, 9.17) is 10.5 Å². The third-order valence-electron chi connectivity index (χ3n) is 2.62. The fourth-order valence-electron chi connectivity index (χ4n) is 1.73. The number of nitrogens with two attached hydrogens (primary N) is 1. The topological polar surface area (TPSA) is 85.7 Å². The number of rotatable bonds is 3. The molecule has 0 aliphatic heterocycles. The first-order valence-corrected chi connectivity index (χ1v) is 5.74. The van der Waals surface area contributed by atoms with Crippen LogP contribution in [0.2, 0.25) is 0 Å². The molecule has 3 rings (SSSR count). The van der Waals surface area contributed by atoms with Crippen molar-refractivity contribution in [3.63, 3.8) is 0 Å². The van der Waals surface area contributed by atoms with Gasteiger partial charge in [-0.05, 0) is 24.3 Å². The molecular formula is C13H12N4O2. The minimum Gasteiger partial charge on any atom is -0.504 e. The summed E-state index contributed by atoms with van der Waals surface area (Å²) in [6.07, 6.45) is 1.69. The highest BCUT2D eigenvalue weighted by atomic mass is 16.5. The predicted molar refractivity (Wildman–Crippen MR) is 69.8 cm³/mol. The van der Waals surface area contributed by atoms with Crippen LogP contribution in [0.3, 0.4) is 0 Å². The number of aromatic hydroxyl groups is 1. The molecule has 0 saturated carbocycles. The standard InChI is InChI=1S/C13H12N4O2/c14-9-5-6-13-15-12(16-17(13)7-9)8-19-11-4-2-1-3-10(11)18/h1-7,18H,8,14H2. The second kappa shape index (κ2) is 4.49. The maximum Gasteiger partial charge on any atom is 0.189 e. The molecule has 2 aromatic heterocycles. The number of anilines is 1. The summed E-state index contributed by atoms with van der Waals surface area (Å²) in [5, 5.41) is 13.8. The van der Waals surface area contributed by atoms with Crippen LogP contribution in [0, 0.1) is 0 Å². The Balaban J connectivity index is 1.80. The van der Waals surface area contributed by atoms with Gasteiger partial charge in [-0.1, -0.05) is 12.1 Å². The Morgan fingerprint density at radius 2 is 2.05 bits per heavy atom. The molecule has 0 saturated heterocycles. The summed E-state index contributed by atoms with van der Waals surface area (Å²) >= 11 is 0. The Morgan fingerprint density at radius 3 is 2.89 bits per heavy atom. The second-order valence-corrected chi connectivity index (χ2v) is 4.05. The number of nitrogens with zero attached hydrogens (tertiary/aromatic N) is 3. The molecule has 96 valence electrons. The number of hydrogen-bond acceptors (Lipinski definition) is 5. The first-order valence-electron chi connectivity index (χ1n) is 5.74. The quantitative estimate of drug-likeness (QED) is 0.743. The lowest BCUT2D eigenvalue weighted by molar-refractivity contribution is 0.280. The third-order valence-corrected chi connectivity index (χ3v) is 2.62. The number of ether oxygens (including phenoxy) is 1. The normalized spacial score (nSPS) is 10.7. The molecular weight excluding hydrogens is 244 g/mol. The number of phenolic OH excluding ortho intramolecular Hbond substituents is 1. The number of benzene rings is 1. The number of fused-ring (bicyclic) bond motifs is 1. The molecule has 0 aliphatic carbocycles. The van der Waals surface area contributed by atoms with Gasteiger partial charge in [-0.15, -0.1) is 5.10 Å². The summed E-state index contributed by atoms with van der Waals surface area (Å²) in [6, 6.07) is 10.3. The maximum atomic E-state index is 9.58. The van der Waals surface area contributed by atoms with Crippen molar-refractivity contribution in [1.82, 2.24) is 14.6 Å². The van der Waals surface area contributed by atoms with Crippen LogP contribution >= 0.6 is 0 Å². The zero-order chi connectivity index (χ0) is 13.2. The summed E-state index contributed by atoms with van der Waals surface area (Å²) in [7, 11) is 0. The minimum atomic E-state index is 0.0931. The van der Waals surface area contributed by atoms with Crippen LogP contribution in [0.15, 0.2) is 42.6 Å². The molecule has 19 heavy (non-hydrogen) atoms. The molecule has 0 atom stereocenters. The third kappa shape index (κ3) is 2.28. The number of hydrogen-bond donors (Lipinski definition) is 2. The van der Waals surface area contributed by atoms with E-state index in [1.54, 1.807) is 47.1 Å². The molecule has 6 heteroatoms. The van der Waals surface area contributed by atoms with E-state index in [1.165, 1.54) is 0 Å². The van der Waals surface area contributed by atoms with Crippen molar-refractivity contribution in [3.05, 3.63) is 48.4 Å². The highest BCUT2D eigenvalue weighted by Crippen LogP contribution is 2.24. The van der Waals surface area contributed by atoms with Crippen molar-refractivity contribution >= 4 is 11.3 Å². The smallest absolute Gasteiger partial charge is 0.189 e. The largest absolute Gasteiger partial charge is 0.504 e. The lowest BCUT2D eigenvalue weighted by Crippen LogP contribution is -1.98. The van der Waals surface area contributed by atoms with Gasteiger partial charge >= 0.3 is 0 Å². The van der Waals surface area contributed by atoms with Gasteiger partial charge < -0.3 is 15.6 Å². The average Bonchev–Trinajstić information content (AvgIpc) is 2.79. The van der Waals surface area contributed by atoms with E-state index in [-0.39, 0.29) is 12.4 Å². The van der Waals surface area contributed by atoms with Crippen LogP contribution in [0.4, 0.5) is 5.69 Å². The molecule has 0 bridgehead atoms. The number of aromatic nitrogens is 3. The summed E-state index contributed by atoms with van der Waals surface area (Å²) in [4.78, 5) is 4.29. The fraction of sp³-hybridized carbons (Fsp3) is 0.0769. The van der Waals surface area contributed by atoms with Gasteiger partial charge in [0.2, 0.25) is 0 Å². The Kier molecular flexibility index (Phi) is 2.68. The predicted octanol–water partition coefficient (Wildman–Crippen LogP) is 1.60. The van der Waals surface area contributed by atoms with Gasteiger partial charge in [0.1, 0.15) is 6.61 Å². The first-order chi connectivity index (χ1) is 9.22. The molecule has 3 N–H and O–H groups in total. The van der Waals surface area contributed by atoms with E-state index in [0.29, 0.717) is 22.9 Å². The minimum absolute atomic E-state index is 0.0931. The van der Waals surface area contributed by atoms with Gasteiger partial charge in [0.25, 0.3) is 0 Å². The zero-order valence-electron chi connectivity index (χ0n) is 10.0. The summed E-state index contributed by atoms with van der Waals surface area (Å²) in [5.41, 5.74) is 6.98. The van der Waals surface area contributed by atoms with Crippen LogP contribution in [-0.2, 0) is 6.61 Å². The fourth-order valence-corrected chi connectivity index (χ4v) is 1.73. The lowest BCUT2D eigenvalue weighted by Gasteiger charge is -2.04. The highest BCUT2D eigenvalue weighted by molar-refractivity contribution is 5.46. The van der Waals surface area contributed by atoms with E-state index in [2.05, 4.69) is 10.1 Å². The SMILES string of the molecule is Nc1ccc2nc(COc3ccccc3O)nn2c1. The Morgan fingerprint density at radius 1 is 1.21 bits per heavy atom. The van der Waals surface area contributed by atoms with Crippen molar-refractivity contribution in [2.75, 3.05) is 5.73 Å². The monoisotopic (exact) mass is 256 g/mol. The van der Waals surface area contributed by atoms with Crippen LogP contribution < -0.4 is 10.5 Å². The van der Waals surface area contributed by atoms with E-state index < -0.39 is 0 Å². The molecule has 2 heterocycles. The van der Waals surface area contributed by atoms with Crippen LogP contribution in [0.25, 0.3) is 5.65 Å². The van der Waals surface area contributed by atoms with Crippen LogP contribution in [-0.4, -0.2) is 19.7 Å². The maximum absolute atomic E-state index is 9.58. The summed E-state index contributed by atoms with van der Waals surface area (Å²) in [6.45, 7) is 0.180. The molecule has 0 radical (unpaired) electrons. The Labute approximate surface area is 109 Å².